The number of benzene rings is 1. The summed E-state index contributed by atoms with van der Waals surface area (Å²) in [7, 11) is 1.95. The number of carbonyl (C=O) groups is 1. The monoisotopic (exact) mass is 316 g/mol. The molecule has 1 fully saturated rings. The van der Waals surface area contributed by atoms with Gasteiger partial charge in [0.2, 0.25) is 0 Å². The highest BCUT2D eigenvalue weighted by molar-refractivity contribution is 6.02. The molecule has 1 atom stereocenters. The summed E-state index contributed by atoms with van der Waals surface area (Å²) in [6, 6.07) is 6.16. The molecule has 2 aromatic rings. The number of hydrogen-bond acceptors (Lipinski definition) is 3. The van der Waals surface area contributed by atoms with Crippen molar-refractivity contribution < 1.29 is 14.6 Å². The first-order valence-corrected chi connectivity index (χ1v) is 8.07. The van der Waals surface area contributed by atoms with Gasteiger partial charge in [-0.2, -0.15) is 0 Å². The van der Waals surface area contributed by atoms with Crippen molar-refractivity contribution in [3.63, 3.8) is 0 Å². The molecule has 2 heterocycles. The Morgan fingerprint density at radius 1 is 1.39 bits per heavy atom. The molecule has 1 aliphatic heterocycles. The van der Waals surface area contributed by atoms with Crippen molar-refractivity contribution in [2.75, 3.05) is 32.9 Å². The van der Waals surface area contributed by atoms with Crippen molar-refractivity contribution in [2.45, 2.75) is 13.8 Å². The molecular weight excluding hydrogens is 292 g/mol. The van der Waals surface area contributed by atoms with Crippen LogP contribution in [0.4, 0.5) is 0 Å². The number of aliphatic hydroxyl groups excluding tert-OH is 1. The minimum absolute atomic E-state index is 0.0156. The normalized spacial score (nSPS) is 19.1. The van der Waals surface area contributed by atoms with Gasteiger partial charge in [-0.05, 0) is 25.0 Å². The van der Waals surface area contributed by atoms with Crippen LogP contribution in [0.3, 0.4) is 0 Å². The summed E-state index contributed by atoms with van der Waals surface area (Å²) in [4.78, 5) is 14.9. The summed E-state index contributed by atoms with van der Waals surface area (Å²) < 4.78 is 7.49. The Bertz CT molecular complexity index is 735. The zero-order chi connectivity index (χ0) is 16.6. The van der Waals surface area contributed by atoms with Gasteiger partial charge < -0.3 is 19.3 Å². The molecule has 5 nitrogen and oxygen atoms in total. The van der Waals surface area contributed by atoms with E-state index in [1.165, 1.54) is 5.56 Å². The van der Waals surface area contributed by atoms with Crippen molar-refractivity contribution in [2.24, 2.45) is 13.0 Å². The van der Waals surface area contributed by atoms with Crippen LogP contribution in [0.2, 0.25) is 0 Å². The highest BCUT2D eigenvalue weighted by Crippen LogP contribution is 2.28. The first kappa shape index (κ1) is 16.0. The fourth-order valence-corrected chi connectivity index (χ4v) is 3.53. The third-order valence-corrected chi connectivity index (χ3v) is 4.75. The molecule has 0 saturated carbocycles. The molecule has 0 spiro atoms. The maximum Gasteiger partial charge on any atom is 0.270 e. The fourth-order valence-electron chi connectivity index (χ4n) is 3.53. The van der Waals surface area contributed by atoms with E-state index in [-0.39, 0.29) is 18.4 Å². The molecule has 124 valence electrons. The van der Waals surface area contributed by atoms with E-state index in [0.717, 1.165) is 22.2 Å². The maximum atomic E-state index is 13.1. The van der Waals surface area contributed by atoms with Crippen LogP contribution in [-0.2, 0) is 11.8 Å². The van der Waals surface area contributed by atoms with Gasteiger partial charge in [0, 0.05) is 38.0 Å². The zero-order valence-electron chi connectivity index (χ0n) is 14.0. The Morgan fingerprint density at radius 2 is 2.17 bits per heavy atom. The summed E-state index contributed by atoms with van der Waals surface area (Å²) in [5.74, 6) is 0.00252. The molecule has 0 bridgehead atoms. The van der Waals surface area contributed by atoms with Crippen LogP contribution in [0.25, 0.3) is 10.9 Å². The lowest BCUT2D eigenvalue weighted by Crippen LogP contribution is -2.38. The van der Waals surface area contributed by atoms with Gasteiger partial charge in [-0.3, -0.25) is 4.79 Å². The van der Waals surface area contributed by atoms with Crippen LogP contribution in [0.5, 0.6) is 0 Å². The molecular formula is C18H24N2O3. The molecule has 1 aliphatic rings. The maximum absolute atomic E-state index is 13.1. The van der Waals surface area contributed by atoms with Gasteiger partial charge in [0.1, 0.15) is 5.69 Å². The average molecular weight is 316 g/mol. The smallest absolute Gasteiger partial charge is 0.270 e. The molecule has 1 aromatic carbocycles. The molecule has 23 heavy (non-hydrogen) atoms. The molecule has 3 rings (SSSR count). The molecule has 5 heteroatoms. The molecule has 1 N–H and O–H groups in total. The van der Waals surface area contributed by atoms with E-state index in [1.807, 2.05) is 29.5 Å². The summed E-state index contributed by atoms with van der Waals surface area (Å²) in [5.41, 5.74) is 4.02. The van der Waals surface area contributed by atoms with Crippen LogP contribution in [0.1, 0.15) is 21.6 Å². The Kier molecular flexibility index (Phi) is 4.41. The minimum atomic E-state index is -0.0156. The van der Waals surface area contributed by atoms with Crippen molar-refractivity contribution in [1.29, 1.82) is 0 Å². The second-order valence-corrected chi connectivity index (χ2v) is 6.38. The van der Waals surface area contributed by atoms with Crippen LogP contribution < -0.4 is 0 Å². The van der Waals surface area contributed by atoms with E-state index in [4.69, 9.17) is 4.74 Å². The van der Waals surface area contributed by atoms with E-state index in [9.17, 15) is 9.90 Å². The molecule has 0 radical (unpaired) electrons. The van der Waals surface area contributed by atoms with Gasteiger partial charge in [-0.1, -0.05) is 18.2 Å². The number of para-hydroxylation sites is 1. The summed E-state index contributed by atoms with van der Waals surface area (Å²) in [6.07, 6.45) is 0. The number of nitrogens with zero attached hydrogens (tertiary/aromatic N) is 2. The minimum Gasteiger partial charge on any atom is -0.396 e. The number of aliphatic hydroxyl groups is 1. The number of carbonyl (C=O) groups excluding carboxylic acids is 1. The predicted molar refractivity (Wildman–Crippen MR) is 89.7 cm³/mol. The largest absolute Gasteiger partial charge is 0.396 e. The van der Waals surface area contributed by atoms with Crippen molar-refractivity contribution in [3.05, 3.63) is 35.0 Å². The topological polar surface area (TPSA) is 54.7 Å². The van der Waals surface area contributed by atoms with Gasteiger partial charge in [-0.15, -0.1) is 0 Å². The molecule has 0 aliphatic carbocycles. The van der Waals surface area contributed by atoms with Crippen molar-refractivity contribution in [1.82, 2.24) is 9.47 Å². The highest BCUT2D eigenvalue weighted by atomic mass is 16.5. The fraction of sp³-hybridized carbons (Fsp3) is 0.500. The highest BCUT2D eigenvalue weighted by Gasteiger charge is 2.27. The Hall–Kier alpha value is -1.85. The number of aryl methyl sites for hydroxylation is 3. The SMILES string of the molecule is Cc1c(C(=O)N2CCOC[C@@H](CO)C2)n(C)c2c(C)cccc12. The molecule has 1 amide bonds. The van der Waals surface area contributed by atoms with Gasteiger partial charge in [0.05, 0.1) is 18.7 Å². The third-order valence-electron chi connectivity index (χ3n) is 4.75. The van der Waals surface area contributed by atoms with Crippen molar-refractivity contribution >= 4 is 16.8 Å². The second-order valence-electron chi connectivity index (χ2n) is 6.38. The van der Waals surface area contributed by atoms with Gasteiger partial charge in [0.25, 0.3) is 5.91 Å². The summed E-state index contributed by atoms with van der Waals surface area (Å²) in [5, 5.41) is 10.5. The lowest BCUT2D eigenvalue weighted by Gasteiger charge is -2.23. The van der Waals surface area contributed by atoms with E-state index in [2.05, 4.69) is 19.1 Å². The molecule has 0 unspecified atom stereocenters. The van der Waals surface area contributed by atoms with E-state index in [1.54, 1.807) is 0 Å². The number of rotatable bonds is 2. The molecule has 1 aromatic heterocycles. The third kappa shape index (κ3) is 2.75. The predicted octanol–water partition coefficient (Wildman–Crippen LogP) is 1.88. The lowest BCUT2D eigenvalue weighted by molar-refractivity contribution is 0.0718. The number of fused-ring (bicyclic) bond motifs is 1. The first-order valence-electron chi connectivity index (χ1n) is 8.07. The number of ether oxygens (including phenoxy) is 1. The quantitative estimate of drug-likeness (QED) is 0.920. The van der Waals surface area contributed by atoms with Crippen LogP contribution >= 0.6 is 0 Å². The number of amides is 1. The molecule has 1 saturated heterocycles. The Labute approximate surface area is 136 Å². The van der Waals surface area contributed by atoms with Crippen LogP contribution in [0, 0.1) is 19.8 Å². The summed E-state index contributed by atoms with van der Waals surface area (Å²) >= 11 is 0. The average Bonchev–Trinajstić information content (AvgIpc) is 2.71. The second kappa shape index (κ2) is 6.34. The number of aromatic nitrogens is 1. The van der Waals surface area contributed by atoms with Gasteiger partial charge in [-0.25, -0.2) is 0 Å². The van der Waals surface area contributed by atoms with Gasteiger partial charge >= 0.3 is 0 Å². The van der Waals surface area contributed by atoms with E-state index in [0.29, 0.717) is 26.3 Å². The zero-order valence-corrected chi connectivity index (χ0v) is 14.0. The van der Waals surface area contributed by atoms with E-state index >= 15 is 0 Å². The Morgan fingerprint density at radius 3 is 2.87 bits per heavy atom. The van der Waals surface area contributed by atoms with Gasteiger partial charge in [0.15, 0.2) is 0 Å². The first-order chi connectivity index (χ1) is 11.0. The van der Waals surface area contributed by atoms with E-state index < -0.39 is 0 Å². The standard InChI is InChI=1S/C18H24N2O3/c1-12-5-4-6-15-13(2)17(19(3)16(12)15)18(22)20-7-8-23-11-14(9-20)10-21/h4-6,14,21H,7-11H2,1-3H3/t14-/m1/s1. The number of hydrogen-bond donors (Lipinski definition) is 1. The summed E-state index contributed by atoms with van der Waals surface area (Å²) in [6.45, 7) is 6.24. The van der Waals surface area contributed by atoms with Crippen molar-refractivity contribution in [3.8, 4) is 0 Å². The van der Waals surface area contributed by atoms with Crippen LogP contribution in [-0.4, -0.2) is 53.4 Å². The van der Waals surface area contributed by atoms with Crippen LogP contribution in [0.15, 0.2) is 18.2 Å². The Balaban J connectivity index is 2.02. The lowest BCUT2D eigenvalue weighted by atomic mass is 10.1.